The zero-order valence-electron chi connectivity index (χ0n) is 10.2. The summed E-state index contributed by atoms with van der Waals surface area (Å²) in [7, 11) is 0. The van der Waals surface area contributed by atoms with Gasteiger partial charge >= 0.3 is 5.97 Å². The number of hydrogen-bond donors (Lipinski definition) is 3. The highest BCUT2D eigenvalue weighted by atomic mass is 16.5. The van der Waals surface area contributed by atoms with Gasteiger partial charge in [-0.25, -0.2) is 0 Å². The Hall–Kier alpha value is -0.910. The quantitative estimate of drug-likeness (QED) is 0.627. The number of carboxylic acid groups (broad SMARTS) is 1. The molecule has 1 unspecified atom stereocenters. The van der Waals surface area contributed by atoms with Gasteiger partial charge in [-0.2, -0.15) is 5.06 Å². The van der Waals surface area contributed by atoms with Gasteiger partial charge in [0.05, 0.1) is 11.1 Å². The highest BCUT2D eigenvalue weighted by Gasteiger charge is 2.45. The average molecular weight is 228 g/mol. The Labute approximate surface area is 95.5 Å². The highest BCUT2D eigenvalue weighted by molar-refractivity contribution is 5.73. The van der Waals surface area contributed by atoms with Crippen LogP contribution in [0.5, 0.6) is 0 Å². The summed E-state index contributed by atoms with van der Waals surface area (Å²) < 4.78 is 0. The highest BCUT2D eigenvalue weighted by Crippen LogP contribution is 2.39. The number of nitrogens with two attached hydrogens (primary N) is 1. The molecule has 0 spiro atoms. The predicted molar refractivity (Wildman–Crippen MR) is 60.1 cm³/mol. The summed E-state index contributed by atoms with van der Waals surface area (Å²) in [6.45, 7) is 7.44. The number of aliphatic carboxylic acids is 1. The molecular weight excluding hydrogens is 208 g/mol. The average Bonchev–Trinajstić information content (AvgIpc) is 2.27. The van der Waals surface area contributed by atoms with Gasteiger partial charge < -0.3 is 16.0 Å². The molecule has 0 amide bonds. The first-order valence-corrected chi connectivity index (χ1v) is 5.29. The summed E-state index contributed by atoms with van der Waals surface area (Å²) in [5, 5.41) is 20.0. The van der Waals surface area contributed by atoms with Crippen LogP contribution in [0.25, 0.3) is 0 Å². The molecule has 0 saturated heterocycles. The fourth-order valence-corrected chi connectivity index (χ4v) is 2.15. The Morgan fingerprint density at radius 3 is 2.31 bits per heavy atom. The van der Waals surface area contributed by atoms with Crippen LogP contribution in [0, 0.1) is 0 Å². The summed E-state index contributed by atoms with van der Waals surface area (Å²) in [6.07, 6.45) is 2.14. The van der Waals surface area contributed by atoms with Crippen LogP contribution in [0.1, 0.15) is 34.1 Å². The lowest BCUT2D eigenvalue weighted by Crippen LogP contribution is -2.48. The standard InChI is InChI=1S/C11H20N2O3/c1-10(2)6-7(5-8(12)9(14)15)11(3,4)13(10)16/h6,8,16H,5,12H2,1-4H3,(H,14,15). The van der Waals surface area contributed by atoms with Crippen molar-refractivity contribution in [3.05, 3.63) is 11.6 Å². The number of hydrogen-bond acceptors (Lipinski definition) is 4. The Balaban J connectivity index is 2.93. The van der Waals surface area contributed by atoms with Gasteiger partial charge in [-0.3, -0.25) is 4.79 Å². The maximum Gasteiger partial charge on any atom is 0.320 e. The number of carboxylic acids is 1. The van der Waals surface area contributed by atoms with E-state index in [-0.39, 0.29) is 6.42 Å². The van der Waals surface area contributed by atoms with E-state index in [2.05, 4.69) is 0 Å². The van der Waals surface area contributed by atoms with Gasteiger partial charge in [-0.1, -0.05) is 6.08 Å². The molecule has 0 saturated carbocycles. The number of rotatable bonds is 3. The molecule has 5 nitrogen and oxygen atoms in total. The lowest BCUT2D eigenvalue weighted by Gasteiger charge is -2.36. The molecule has 0 radical (unpaired) electrons. The van der Waals surface area contributed by atoms with E-state index < -0.39 is 23.1 Å². The van der Waals surface area contributed by atoms with Crippen molar-refractivity contribution in [3.8, 4) is 0 Å². The molecule has 1 atom stereocenters. The molecule has 0 aromatic rings. The van der Waals surface area contributed by atoms with Gasteiger partial charge in [-0.05, 0) is 39.7 Å². The van der Waals surface area contributed by atoms with Crippen molar-refractivity contribution in [2.75, 3.05) is 0 Å². The van der Waals surface area contributed by atoms with E-state index in [1.807, 2.05) is 33.8 Å². The molecule has 1 aliphatic heterocycles. The Morgan fingerprint density at radius 1 is 1.50 bits per heavy atom. The molecule has 0 aliphatic carbocycles. The van der Waals surface area contributed by atoms with Gasteiger partial charge in [0.1, 0.15) is 6.04 Å². The molecular formula is C11H20N2O3. The van der Waals surface area contributed by atoms with E-state index >= 15 is 0 Å². The zero-order valence-corrected chi connectivity index (χ0v) is 10.2. The maximum absolute atomic E-state index is 10.7. The van der Waals surface area contributed by atoms with Gasteiger partial charge in [0.2, 0.25) is 0 Å². The Morgan fingerprint density at radius 2 is 2.00 bits per heavy atom. The van der Waals surface area contributed by atoms with Crippen LogP contribution in [-0.2, 0) is 4.79 Å². The minimum Gasteiger partial charge on any atom is -0.480 e. The molecule has 0 fully saturated rings. The first-order chi connectivity index (χ1) is 7.09. The Bertz CT molecular complexity index is 334. The summed E-state index contributed by atoms with van der Waals surface area (Å²) in [4.78, 5) is 10.7. The summed E-state index contributed by atoms with van der Waals surface area (Å²) in [6, 6.07) is -0.923. The van der Waals surface area contributed by atoms with Crippen molar-refractivity contribution in [1.29, 1.82) is 0 Å². The van der Waals surface area contributed by atoms with Crippen LogP contribution >= 0.6 is 0 Å². The predicted octanol–water partition coefficient (Wildman–Crippen LogP) is 0.977. The minimum atomic E-state index is -1.02. The maximum atomic E-state index is 10.7. The number of nitrogens with zero attached hydrogens (tertiary/aromatic N) is 1. The zero-order chi connectivity index (χ0) is 12.7. The lowest BCUT2D eigenvalue weighted by molar-refractivity contribution is -0.185. The SMILES string of the molecule is CC1(C)C=C(CC(N)C(=O)O)C(C)(C)N1O. The van der Waals surface area contributed by atoms with E-state index in [0.29, 0.717) is 0 Å². The number of carbonyl (C=O) groups is 1. The Kier molecular flexibility index (Phi) is 3.15. The third-order valence-corrected chi connectivity index (χ3v) is 3.15. The van der Waals surface area contributed by atoms with Gasteiger partial charge in [-0.15, -0.1) is 0 Å². The summed E-state index contributed by atoms with van der Waals surface area (Å²) in [5.41, 5.74) is 5.31. The second kappa shape index (κ2) is 3.84. The van der Waals surface area contributed by atoms with Gasteiger partial charge in [0.25, 0.3) is 0 Å². The normalized spacial score (nSPS) is 25.2. The molecule has 1 aliphatic rings. The second-order valence-electron chi connectivity index (χ2n) is 5.34. The van der Waals surface area contributed by atoms with Crippen molar-refractivity contribution >= 4 is 5.97 Å². The van der Waals surface area contributed by atoms with Crippen LogP contribution in [0.3, 0.4) is 0 Å². The van der Waals surface area contributed by atoms with Crippen LogP contribution in [0.4, 0.5) is 0 Å². The molecule has 4 N–H and O–H groups in total. The number of hydroxylamine groups is 2. The van der Waals surface area contributed by atoms with E-state index in [0.717, 1.165) is 5.57 Å². The largest absolute Gasteiger partial charge is 0.480 e. The third-order valence-electron chi connectivity index (χ3n) is 3.15. The second-order valence-corrected chi connectivity index (χ2v) is 5.34. The molecule has 1 heterocycles. The first kappa shape index (κ1) is 13.2. The van der Waals surface area contributed by atoms with E-state index in [1.165, 1.54) is 5.06 Å². The van der Waals surface area contributed by atoms with Crippen molar-refractivity contribution in [1.82, 2.24) is 5.06 Å². The van der Waals surface area contributed by atoms with Crippen molar-refractivity contribution in [2.45, 2.75) is 51.2 Å². The van der Waals surface area contributed by atoms with Gasteiger partial charge in [0, 0.05) is 0 Å². The van der Waals surface area contributed by atoms with E-state index in [1.54, 1.807) is 0 Å². The fourth-order valence-electron chi connectivity index (χ4n) is 2.15. The van der Waals surface area contributed by atoms with Crippen molar-refractivity contribution in [3.63, 3.8) is 0 Å². The molecule has 0 aromatic carbocycles. The molecule has 16 heavy (non-hydrogen) atoms. The smallest absolute Gasteiger partial charge is 0.320 e. The van der Waals surface area contributed by atoms with Crippen LogP contribution in [0.2, 0.25) is 0 Å². The van der Waals surface area contributed by atoms with Gasteiger partial charge in [0.15, 0.2) is 0 Å². The van der Waals surface area contributed by atoms with Crippen LogP contribution in [0.15, 0.2) is 11.6 Å². The van der Waals surface area contributed by atoms with E-state index in [9.17, 15) is 10.0 Å². The summed E-state index contributed by atoms with van der Waals surface area (Å²) >= 11 is 0. The molecule has 92 valence electrons. The molecule has 0 bridgehead atoms. The minimum absolute atomic E-state index is 0.253. The topological polar surface area (TPSA) is 86.8 Å². The van der Waals surface area contributed by atoms with Crippen LogP contribution < -0.4 is 5.73 Å². The molecule has 5 heteroatoms. The van der Waals surface area contributed by atoms with Crippen molar-refractivity contribution < 1.29 is 15.1 Å². The third kappa shape index (κ3) is 2.11. The van der Waals surface area contributed by atoms with E-state index in [4.69, 9.17) is 10.8 Å². The summed E-state index contributed by atoms with van der Waals surface area (Å²) in [5.74, 6) is -1.02. The fraction of sp³-hybridized carbons (Fsp3) is 0.727. The molecule has 1 rings (SSSR count). The lowest BCUT2D eigenvalue weighted by atomic mass is 9.91. The first-order valence-electron chi connectivity index (χ1n) is 5.29. The molecule has 0 aromatic heterocycles. The van der Waals surface area contributed by atoms with Crippen LogP contribution in [-0.4, -0.2) is 38.5 Å². The van der Waals surface area contributed by atoms with Crippen molar-refractivity contribution in [2.24, 2.45) is 5.73 Å². The monoisotopic (exact) mass is 228 g/mol.